The molecule has 0 fully saturated rings. The summed E-state index contributed by atoms with van der Waals surface area (Å²) in [5, 5.41) is 6.63. The van der Waals surface area contributed by atoms with Crippen LogP contribution in [0.4, 0.5) is 0 Å². The molecule has 0 radical (unpaired) electrons. The molecule has 0 bridgehead atoms. The topological polar surface area (TPSA) is 63.2 Å². The van der Waals surface area contributed by atoms with Gasteiger partial charge in [-0.25, -0.2) is 0 Å². The Kier molecular flexibility index (Phi) is 12.2. The first kappa shape index (κ1) is 23.6. The molecule has 0 aliphatic heterocycles. The number of nitrogens with one attached hydrogen (secondary N) is 2. The molecule has 1 aromatic heterocycles. The number of aromatic nitrogens is 1. The predicted octanol–water partition coefficient (Wildman–Crippen LogP) is 3.02. The minimum Gasteiger partial charge on any atom is -0.383 e. The van der Waals surface area contributed by atoms with Crippen LogP contribution < -0.4 is 10.6 Å². The number of carbonyl (C=O) groups is 1. The number of hydrogen-bond donors (Lipinski definition) is 2. The summed E-state index contributed by atoms with van der Waals surface area (Å²) in [4.78, 5) is 16.5. The van der Waals surface area contributed by atoms with Crippen molar-refractivity contribution in [3.05, 3.63) is 64.9 Å². The number of nitrogens with zero attached hydrogens (tertiary/aromatic N) is 1. The van der Waals surface area contributed by atoms with E-state index in [0.717, 1.165) is 11.3 Å². The van der Waals surface area contributed by atoms with Gasteiger partial charge in [0.2, 0.25) is 5.91 Å². The highest BCUT2D eigenvalue weighted by Gasteiger charge is 2.18. The van der Waals surface area contributed by atoms with Crippen LogP contribution in [0.15, 0.2) is 48.7 Å². The third-order valence-corrected chi connectivity index (χ3v) is 3.47. The minimum absolute atomic E-state index is 0. The minimum atomic E-state index is -0.341. The Bertz CT molecular complexity index is 630. The van der Waals surface area contributed by atoms with E-state index >= 15 is 0 Å². The molecule has 25 heavy (non-hydrogen) atoms. The predicted molar refractivity (Wildman–Crippen MR) is 105 cm³/mol. The second kappa shape index (κ2) is 12.9. The fraction of sp³-hybridized carbons (Fsp3) is 0.294. The molecule has 138 valence electrons. The molecule has 0 aliphatic carbocycles. The quantitative estimate of drug-likeness (QED) is 0.662. The largest absolute Gasteiger partial charge is 0.383 e. The summed E-state index contributed by atoms with van der Waals surface area (Å²) in [7, 11) is 1.62. The summed E-state index contributed by atoms with van der Waals surface area (Å²) in [6.07, 6.45) is 1.70. The third kappa shape index (κ3) is 8.03. The summed E-state index contributed by atoms with van der Waals surface area (Å²) >= 11 is 6.07. The van der Waals surface area contributed by atoms with Gasteiger partial charge in [-0.15, -0.1) is 24.8 Å². The third-order valence-electron chi connectivity index (χ3n) is 3.24. The van der Waals surface area contributed by atoms with Gasteiger partial charge in [-0.05, 0) is 29.8 Å². The van der Waals surface area contributed by atoms with Crippen LogP contribution in [0.2, 0.25) is 5.02 Å². The number of ether oxygens (including phenoxy) is 1. The van der Waals surface area contributed by atoms with Crippen molar-refractivity contribution in [1.82, 2.24) is 15.6 Å². The number of benzene rings is 1. The molecule has 5 nitrogen and oxygen atoms in total. The molecule has 1 amide bonds. The summed E-state index contributed by atoms with van der Waals surface area (Å²) in [5.74, 6) is -0.114. The van der Waals surface area contributed by atoms with Crippen LogP contribution in [0.5, 0.6) is 0 Å². The second-order valence-corrected chi connectivity index (χ2v) is 5.42. The van der Waals surface area contributed by atoms with E-state index in [9.17, 15) is 4.79 Å². The highest BCUT2D eigenvalue weighted by molar-refractivity contribution is 6.30. The van der Waals surface area contributed by atoms with Crippen molar-refractivity contribution in [2.24, 2.45) is 0 Å². The van der Waals surface area contributed by atoms with E-state index in [4.69, 9.17) is 16.3 Å². The lowest BCUT2D eigenvalue weighted by Gasteiger charge is -2.19. The summed E-state index contributed by atoms with van der Waals surface area (Å²) in [6, 6.07) is 12.7. The van der Waals surface area contributed by atoms with Gasteiger partial charge in [-0.1, -0.05) is 29.8 Å². The lowest BCUT2D eigenvalue weighted by molar-refractivity contribution is -0.120. The lowest BCUT2D eigenvalue weighted by Crippen LogP contribution is -2.38. The molecule has 0 saturated carbocycles. The molecule has 2 N–H and O–H groups in total. The first-order valence-corrected chi connectivity index (χ1v) is 7.74. The average Bonchev–Trinajstić information content (AvgIpc) is 2.57. The molecule has 1 atom stereocenters. The normalized spacial score (nSPS) is 11.0. The Morgan fingerprint density at radius 2 is 2.04 bits per heavy atom. The first-order chi connectivity index (χ1) is 11.2. The Balaban J connectivity index is 0.00000288. The Hall–Kier alpha value is -1.37. The zero-order chi connectivity index (χ0) is 16.5. The molecule has 0 aliphatic rings. The molecule has 0 spiro atoms. The SMILES string of the molecule is COCCNCC(=O)NC(c1cccc(Cl)c1)c1ccccn1.Cl.Cl. The molecule has 8 heteroatoms. The van der Waals surface area contributed by atoms with Crippen LogP contribution in [-0.4, -0.2) is 37.7 Å². The summed E-state index contributed by atoms with van der Waals surface area (Å²) < 4.78 is 4.94. The van der Waals surface area contributed by atoms with Gasteiger partial charge in [0.1, 0.15) is 0 Å². The fourth-order valence-corrected chi connectivity index (χ4v) is 2.35. The van der Waals surface area contributed by atoms with Crippen LogP contribution in [0.25, 0.3) is 0 Å². The van der Waals surface area contributed by atoms with Crippen molar-refractivity contribution in [1.29, 1.82) is 0 Å². The number of amides is 1. The van der Waals surface area contributed by atoms with Gasteiger partial charge >= 0.3 is 0 Å². The van der Waals surface area contributed by atoms with Crippen LogP contribution in [0.1, 0.15) is 17.3 Å². The number of hydrogen-bond acceptors (Lipinski definition) is 4. The van der Waals surface area contributed by atoms with Gasteiger partial charge < -0.3 is 15.4 Å². The maximum Gasteiger partial charge on any atom is 0.234 e. The Morgan fingerprint density at radius 3 is 2.68 bits per heavy atom. The molecular weight excluding hydrogens is 385 g/mol. The van der Waals surface area contributed by atoms with E-state index < -0.39 is 0 Å². The Morgan fingerprint density at radius 1 is 1.24 bits per heavy atom. The van der Waals surface area contributed by atoms with E-state index in [1.807, 2.05) is 36.4 Å². The summed E-state index contributed by atoms with van der Waals surface area (Å²) in [5.41, 5.74) is 1.65. The number of halogens is 3. The highest BCUT2D eigenvalue weighted by Crippen LogP contribution is 2.22. The van der Waals surface area contributed by atoms with Crippen molar-refractivity contribution < 1.29 is 9.53 Å². The molecule has 1 heterocycles. The molecule has 2 aromatic rings. The van der Waals surface area contributed by atoms with E-state index in [0.29, 0.717) is 18.2 Å². The number of carbonyl (C=O) groups excluding carboxylic acids is 1. The van der Waals surface area contributed by atoms with Crippen LogP contribution in [-0.2, 0) is 9.53 Å². The van der Waals surface area contributed by atoms with Crippen molar-refractivity contribution in [3.8, 4) is 0 Å². The van der Waals surface area contributed by atoms with E-state index in [1.54, 1.807) is 19.4 Å². The van der Waals surface area contributed by atoms with Crippen LogP contribution in [0, 0.1) is 0 Å². The maximum absolute atomic E-state index is 12.2. The van der Waals surface area contributed by atoms with Gasteiger partial charge in [0, 0.05) is 24.9 Å². The highest BCUT2D eigenvalue weighted by atomic mass is 35.5. The number of rotatable bonds is 8. The van der Waals surface area contributed by atoms with Gasteiger partial charge in [0.15, 0.2) is 0 Å². The number of methoxy groups -OCH3 is 1. The summed E-state index contributed by atoms with van der Waals surface area (Å²) in [6.45, 7) is 1.40. The monoisotopic (exact) mass is 405 g/mol. The van der Waals surface area contributed by atoms with Gasteiger partial charge in [-0.2, -0.15) is 0 Å². The second-order valence-electron chi connectivity index (χ2n) is 4.98. The Labute approximate surface area is 165 Å². The van der Waals surface area contributed by atoms with Crippen LogP contribution >= 0.6 is 36.4 Å². The molecule has 0 saturated heterocycles. The van der Waals surface area contributed by atoms with Gasteiger partial charge in [0.05, 0.1) is 24.9 Å². The average molecular weight is 407 g/mol. The zero-order valence-electron chi connectivity index (χ0n) is 13.8. The standard InChI is InChI=1S/C17H20ClN3O2.2ClH/c1-23-10-9-19-12-16(22)21-17(15-7-2-3-8-20-15)13-5-4-6-14(18)11-13;;/h2-8,11,17,19H,9-10,12H2,1H3,(H,21,22);2*1H. The molecule has 2 rings (SSSR count). The van der Waals surface area contributed by atoms with Gasteiger partial charge in [0.25, 0.3) is 0 Å². The molecular formula is C17H22Cl3N3O2. The van der Waals surface area contributed by atoms with Crippen molar-refractivity contribution in [3.63, 3.8) is 0 Å². The molecule has 1 unspecified atom stereocenters. The zero-order valence-corrected chi connectivity index (χ0v) is 16.2. The van der Waals surface area contributed by atoms with Gasteiger partial charge in [-0.3, -0.25) is 9.78 Å². The van der Waals surface area contributed by atoms with E-state index in [2.05, 4.69) is 15.6 Å². The molecule has 1 aromatic carbocycles. The maximum atomic E-state index is 12.2. The van der Waals surface area contributed by atoms with Crippen molar-refractivity contribution in [2.75, 3.05) is 26.8 Å². The fourth-order valence-electron chi connectivity index (χ4n) is 2.15. The number of pyridine rings is 1. The smallest absolute Gasteiger partial charge is 0.234 e. The van der Waals surface area contributed by atoms with Crippen LogP contribution in [0.3, 0.4) is 0 Å². The van der Waals surface area contributed by atoms with E-state index in [1.165, 1.54) is 0 Å². The van der Waals surface area contributed by atoms with E-state index in [-0.39, 0.29) is 43.3 Å². The lowest BCUT2D eigenvalue weighted by atomic mass is 10.0. The first-order valence-electron chi connectivity index (χ1n) is 7.36. The van der Waals surface area contributed by atoms with Crippen molar-refractivity contribution in [2.45, 2.75) is 6.04 Å². The van der Waals surface area contributed by atoms with Crippen molar-refractivity contribution >= 4 is 42.3 Å².